The molecular weight excluding hydrogens is 410 g/mol. The van der Waals surface area contributed by atoms with Crippen molar-refractivity contribution in [3.8, 4) is 0 Å². The Balaban J connectivity index is 0.000000882. The maximum atomic E-state index is 10.6. The van der Waals surface area contributed by atoms with Crippen LogP contribution in [0.25, 0.3) is 10.8 Å². The summed E-state index contributed by atoms with van der Waals surface area (Å²) in [5.41, 5.74) is 5.75. The largest absolute Gasteiger partial charge is 1.00 e. The van der Waals surface area contributed by atoms with Crippen LogP contribution >= 0.6 is 0 Å². The molecule has 0 saturated heterocycles. The first-order chi connectivity index (χ1) is 9.59. The first kappa shape index (κ1) is 18.3. The van der Waals surface area contributed by atoms with Crippen molar-refractivity contribution in [2.45, 2.75) is 29.6 Å². The number of hydrogen-bond donors (Lipinski definition) is 1. The molecular formula is C17H17Cl2OSiZr. The van der Waals surface area contributed by atoms with Crippen LogP contribution in [0.3, 0.4) is 0 Å². The molecule has 1 aromatic carbocycles. The fraction of sp³-hybridized carbons (Fsp3) is 0.294. The Labute approximate surface area is 160 Å². The molecule has 5 heteroatoms. The first-order valence-corrected chi connectivity index (χ1v) is 11.4. The molecule has 0 aromatic heterocycles. The van der Waals surface area contributed by atoms with Crippen molar-refractivity contribution in [2.24, 2.45) is 0 Å². The van der Waals surface area contributed by atoms with E-state index in [1.54, 1.807) is 5.19 Å². The van der Waals surface area contributed by atoms with Crippen LogP contribution in [0.4, 0.5) is 0 Å². The summed E-state index contributed by atoms with van der Waals surface area (Å²) in [7, 11) is -1.61. The van der Waals surface area contributed by atoms with Gasteiger partial charge in [0, 0.05) is 0 Å². The van der Waals surface area contributed by atoms with Gasteiger partial charge in [-0.15, -0.1) is 0 Å². The zero-order chi connectivity index (χ0) is 14.1. The van der Waals surface area contributed by atoms with E-state index in [4.69, 9.17) is 0 Å². The average molecular weight is 428 g/mol. The summed E-state index contributed by atoms with van der Waals surface area (Å²) in [4.78, 5) is 0. The van der Waals surface area contributed by atoms with Gasteiger partial charge in [0.15, 0.2) is 0 Å². The third kappa shape index (κ3) is 2.05. The molecule has 0 fully saturated rings. The minimum Gasteiger partial charge on any atom is -1.00 e. The molecule has 0 spiro atoms. The molecule has 1 aliphatic heterocycles. The van der Waals surface area contributed by atoms with Crippen molar-refractivity contribution in [3.63, 3.8) is 0 Å². The van der Waals surface area contributed by atoms with Crippen molar-refractivity contribution in [1.29, 1.82) is 0 Å². The fourth-order valence-electron chi connectivity index (χ4n) is 4.01. The van der Waals surface area contributed by atoms with Crippen molar-refractivity contribution in [2.75, 3.05) is 0 Å². The number of aliphatic hydroxyl groups excluding tert-OH is 1. The second-order valence-corrected chi connectivity index (χ2v) is 11.9. The number of rotatable bonds is 2. The molecule has 0 amide bonds. The molecule has 1 aromatic rings. The second kappa shape index (κ2) is 6.09. The molecule has 0 saturated carbocycles. The number of benzene rings is 1. The quantitative estimate of drug-likeness (QED) is 0.530. The van der Waals surface area contributed by atoms with Crippen LogP contribution in [0.2, 0.25) is 12.6 Å². The maximum Gasteiger partial charge on any atom is -1.00 e. The minimum absolute atomic E-state index is 0. The Hall–Kier alpha value is -0.0800. The molecule has 0 bridgehead atoms. The van der Waals surface area contributed by atoms with E-state index in [1.165, 1.54) is 58.2 Å². The molecule has 2 aliphatic carbocycles. The topological polar surface area (TPSA) is 20.2 Å². The zero-order valence-electron chi connectivity index (χ0n) is 12.6. The van der Waals surface area contributed by atoms with Crippen molar-refractivity contribution >= 4 is 24.0 Å². The van der Waals surface area contributed by atoms with Gasteiger partial charge in [0.1, 0.15) is 0 Å². The monoisotopic (exact) mass is 425 g/mol. The predicted molar refractivity (Wildman–Crippen MR) is 82.2 cm³/mol. The Kier molecular flexibility index (Phi) is 5.06. The predicted octanol–water partition coefficient (Wildman–Crippen LogP) is -2.23. The van der Waals surface area contributed by atoms with E-state index < -0.39 is 8.07 Å². The molecule has 3 aliphatic rings. The van der Waals surface area contributed by atoms with E-state index in [-0.39, 0.29) is 28.4 Å². The molecule has 1 heterocycles. The van der Waals surface area contributed by atoms with Crippen molar-refractivity contribution in [3.05, 3.63) is 52.8 Å². The Bertz CT molecular complexity index is 738. The van der Waals surface area contributed by atoms with Crippen molar-refractivity contribution < 1.29 is 54.6 Å². The first-order valence-electron chi connectivity index (χ1n) is 7.28. The van der Waals surface area contributed by atoms with E-state index in [0.29, 0.717) is 5.76 Å². The Morgan fingerprint density at radius 2 is 2.05 bits per heavy atom. The molecule has 2 unspecified atom stereocenters. The van der Waals surface area contributed by atoms with Gasteiger partial charge in [-0.2, -0.15) is 0 Å². The number of allylic oxidation sites excluding steroid dienone is 5. The molecule has 4 rings (SSSR count). The SMILES string of the molecule is CC[Si]1(C)C2=C(O)[CH]([Zr+2])c3ccc(C4=CC=CC4)c1c32.[Cl-].[Cl-]. The van der Waals surface area contributed by atoms with Crippen LogP contribution in [0.1, 0.15) is 33.7 Å². The maximum absolute atomic E-state index is 10.6. The second-order valence-electron chi connectivity index (χ2n) is 6.16. The Morgan fingerprint density at radius 3 is 2.64 bits per heavy atom. The van der Waals surface area contributed by atoms with Gasteiger partial charge in [0.25, 0.3) is 0 Å². The number of halogens is 2. The van der Waals surface area contributed by atoms with Gasteiger partial charge in [-0.05, 0) is 0 Å². The van der Waals surface area contributed by atoms with Gasteiger partial charge in [0.2, 0.25) is 0 Å². The summed E-state index contributed by atoms with van der Waals surface area (Å²) in [5, 5.41) is 13.6. The summed E-state index contributed by atoms with van der Waals surface area (Å²) < 4.78 is 0.288. The summed E-state index contributed by atoms with van der Waals surface area (Å²) in [6.45, 7) is 4.73. The summed E-state index contributed by atoms with van der Waals surface area (Å²) in [6, 6.07) is 5.78. The third-order valence-corrected chi connectivity index (χ3v) is 11.3. The van der Waals surface area contributed by atoms with Gasteiger partial charge in [-0.1, -0.05) is 0 Å². The zero-order valence-corrected chi connectivity index (χ0v) is 17.6. The molecule has 2 atom stereocenters. The van der Waals surface area contributed by atoms with E-state index in [1.807, 2.05) is 0 Å². The smallest absolute Gasteiger partial charge is 1.00 e. The van der Waals surface area contributed by atoms with E-state index in [9.17, 15) is 5.11 Å². The van der Waals surface area contributed by atoms with Gasteiger partial charge in [-0.25, -0.2) is 0 Å². The van der Waals surface area contributed by atoms with Gasteiger partial charge in [0.05, 0.1) is 0 Å². The third-order valence-electron chi connectivity index (χ3n) is 5.26. The van der Waals surface area contributed by atoms with Crippen LogP contribution < -0.4 is 30.0 Å². The van der Waals surface area contributed by atoms with E-state index >= 15 is 0 Å². The van der Waals surface area contributed by atoms with Crippen LogP contribution in [0.5, 0.6) is 0 Å². The van der Waals surface area contributed by atoms with Gasteiger partial charge in [-0.3, -0.25) is 0 Å². The molecule has 1 nitrogen and oxygen atoms in total. The normalized spacial score (nSPS) is 26.9. The van der Waals surface area contributed by atoms with E-state index in [2.05, 4.69) is 43.8 Å². The van der Waals surface area contributed by atoms with Crippen LogP contribution in [-0.4, -0.2) is 13.2 Å². The standard InChI is InChI=1S/C17H17OSi.2ClH.Zr/c1-3-19(2)16-13(11-6-4-5-7-11)9-8-12-10-14(18)17(19)15(12)16;;;/h4-6,8-10,18H,3,7H2,1-2H3;2*1H;/q;;;+2/p-2. The van der Waals surface area contributed by atoms with E-state index in [0.717, 1.165) is 6.42 Å². The summed E-state index contributed by atoms with van der Waals surface area (Å²) >= 11 is 1.41. The number of hydrogen-bond acceptors (Lipinski definition) is 1. The van der Waals surface area contributed by atoms with Crippen molar-refractivity contribution in [1.82, 2.24) is 0 Å². The average Bonchev–Trinajstić information content (AvgIpc) is 3.05. The van der Waals surface area contributed by atoms with Crippen LogP contribution in [0.15, 0.2) is 36.1 Å². The van der Waals surface area contributed by atoms with Crippen LogP contribution in [0, 0.1) is 0 Å². The minimum atomic E-state index is -1.61. The summed E-state index contributed by atoms with van der Waals surface area (Å²) in [5.74, 6) is 0.706. The van der Waals surface area contributed by atoms with Gasteiger partial charge < -0.3 is 24.8 Å². The molecule has 1 N–H and O–H groups in total. The summed E-state index contributed by atoms with van der Waals surface area (Å²) in [6.07, 6.45) is 7.72. The molecule has 113 valence electrons. The molecule has 22 heavy (non-hydrogen) atoms. The van der Waals surface area contributed by atoms with Gasteiger partial charge >= 0.3 is 136 Å². The molecule has 0 radical (unpaired) electrons. The van der Waals surface area contributed by atoms with Crippen LogP contribution in [-0.2, 0) is 24.7 Å². The number of aliphatic hydroxyl groups is 1. The fourth-order valence-corrected chi connectivity index (χ4v) is 9.27. The Morgan fingerprint density at radius 1 is 1.32 bits per heavy atom.